The number of rotatable bonds is 10. The number of piperidine rings is 2. The molecular formula is C41H52F2N10O5. The maximum atomic E-state index is 14.4. The van der Waals surface area contributed by atoms with E-state index in [1.165, 1.54) is 32.3 Å². The van der Waals surface area contributed by atoms with Crippen LogP contribution in [0.4, 0.5) is 37.6 Å². The van der Waals surface area contributed by atoms with Crippen LogP contribution in [0.25, 0.3) is 0 Å². The van der Waals surface area contributed by atoms with Gasteiger partial charge in [-0.1, -0.05) is 0 Å². The number of imide groups is 1. The second-order valence-electron chi connectivity index (χ2n) is 16.1. The van der Waals surface area contributed by atoms with Gasteiger partial charge in [-0.05, 0) is 94.7 Å². The Hall–Kier alpha value is -5.45. The van der Waals surface area contributed by atoms with E-state index in [2.05, 4.69) is 54.7 Å². The largest absolute Gasteiger partial charge is 0.495 e. The predicted molar refractivity (Wildman–Crippen MR) is 215 cm³/mol. The van der Waals surface area contributed by atoms with Gasteiger partial charge in [0.05, 0.1) is 49.0 Å². The van der Waals surface area contributed by atoms with Crippen LogP contribution in [0.1, 0.15) is 78.9 Å². The van der Waals surface area contributed by atoms with Gasteiger partial charge in [-0.2, -0.15) is 13.8 Å². The van der Waals surface area contributed by atoms with Crippen molar-refractivity contribution in [2.45, 2.75) is 82.2 Å². The van der Waals surface area contributed by atoms with E-state index in [0.717, 1.165) is 80.0 Å². The standard InChI is InChI=1S/C41H52F2N10O5/c1-24-18-31(29-11-13-35(54)48-38(29)56)44-20-32(24)53-16-14-25(15-17-53)22-50(2)28-9-7-27(8-10-28)46-37(55)26-6-12-30(34(19-26)58-5)47-40-45-21-33-36(49-40)51(3)23-41(42,43)39(57)52(33)4/h6,12,18-21,25,27-29H,7-11,13-17,22-23H2,1-5H3,(H,46,55)(H,45,47,49)(H,48,54,56). The van der Waals surface area contributed by atoms with Crippen molar-refractivity contribution in [3.05, 3.63) is 53.5 Å². The van der Waals surface area contributed by atoms with Crippen molar-refractivity contribution >= 4 is 52.5 Å². The number of pyridine rings is 1. The molecule has 0 spiro atoms. The van der Waals surface area contributed by atoms with Crippen molar-refractivity contribution < 1.29 is 32.7 Å². The van der Waals surface area contributed by atoms with Crippen molar-refractivity contribution in [3.63, 3.8) is 0 Å². The zero-order chi connectivity index (χ0) is 41.3. The first-order chi connectivity index (χ1) is 27.7. The van der Waals surface area contributed by atoms with Crippen LogP contribution in [0.2, 0.25) is 0 Å². The van der Waals surface area contributed by atoms with E-state index in [1.807, 2.05) is 12.3 Å². The van der Waals surface area contributed by atoms with Gasteiger partial charge in [-0.15, -0.1) is 0 Å². The first-order valence-electron chi connectivity index (χ1n) is 20.0. The molecule has 0 radical (unpaired) electrons. The average Bonchev–Trinajstić information content (AvgIpc) is 3.26. The maximum absolute atomic E-state index is 14.4. The van der Waals surface area contributed by atoms with Crippen molar-refractivity contribution in [3.8, 4) is 5.75 Å². The fraction of sp³-hybridized carbons (Fsp3) is 0.537. The highest BCUT2D eigenvalue weighted by atomic mass is 19.3. The first-order valence-corrected chi connectivity index (χ1v) is 20.0. The van der Waals surface area contributed by atoms with Gasteiger partial charge in [0.2, 0.25) is 17.8 Å². The number of aryl methyl sites for hydroxylation is 1. The molecule has 4 aliphatic rings. The fourth-order valence-corrected chi connectivity index (χ4v) is 8.71. The first kappa shape index (κ1) is 40.7. The summed E-state index contributed by atoms with van der Waals surface area (Å²) in [5.74, 6) is -4.72. The Labute approximate surface area is 336 Å². The van der Waals surface area contributed by atoms with Crippen molar-refractivity contribution in [1.29, 1.82) is 0 Å². The SMILES string of the molecule is COc1cc(C(=O)NC2CCC(N(C)CC3CCN(c4cnc(C5CCC(=O)NC5=O)cc4C)CC3)CC2)ccc1Nc1ncc2c(n1)N(C)CC(F)(F)C(=O)N2C. The van der Waals surface area contributed by atoms with Gasteiger partial charge in [-0.25, -0.2) is 4.98 Å². The second kappa shape index (κ2) is 16.8. The third kappa shape index (κ3) is 8.68. The minimum absolute atomic E-state index is 0.0600. The number of anilines is 5. The van der Waals surface area contributed by atoms with Gasteiger partial charge in [0.1, 0.15) is 11.4 Å². The van der Waals surface area contributed by atoms with Crippen LogP contribution in [0.3, 0.4) is 0 Å². The molecule has 3 aliphatic heterocycles. The van der Waals surface area contributed by atoms with Gasteiger partial charge in [0.15, 0.2) is 5.82 Å². The summed E-state index contributed by atoms with van der Waals surface area (Å²) >= 11 is 0. The number of methoxy groups -OCH3 is 1. The zero-order valence-electron chi connectivity index (χ0n) is 33.7. The number of halogens is 2. The van der Waals surface area contributed by atoms with E-state index in [1.54, 1.807) is 18.2 Å². The summed E-state index contributed by atoms with van der Waals surface area (Å²) in [4.78, 5) is 69.8. The number of aromatic nitrogens is 3. The van der Waals surface area contributed by atoms with Gasteiger partial charge >= 0.3 is 5.92 Å². The van der Waals surface area contributed by atoms with Gasteiger partial charge in [-0.3, -0.25) is 29.5 Å². The number of amides is 4. The molecule has 1 aromatic carbocycles. The fourth-order valence-electron chi connectivity index (χ4n) is 8.71. The molecule has 1 aliphatic carbocycles. The number of carbonyl (C=O) groups excluding carboxylic acids is 4. The summed E-state index contributed by atoms with van der Waals surface area (Å²) in [5, 5.41) is 8.69. The lowest BCUT2D eigenvalue weighted by molar-refractivity contribution is -0.140. The number of nitrogens with one attached hydrogen (secondary N) is 3. The quantitative estimate of drug-likeness (QED) is 0.248. The minimum atomic E-state index is -3.58. The van der Waals surface area contributed by atoms with Crippen LogP contribution in [0.15, 0.2) is 36.7 Å². The summed E-state index contributed by atoms with van der Waals surface area (Å²) in [6.45, 7) is 4.17. The average molecular weight is 803 g/mol. The third-order valence-corrected chi connectivity index (χ3v) is 12.1. The zero-order valence-corrected chi connectivity index (χ0v) is 33.7. The van der Waals surface area contributed by atoms with Gasteiger partial charge in [0.25, 0.3) is 11.8 Å². The summed E-state index contributed by atoms with van der Waals surface area (Å²) < 4.78 is 34.4. The predicted octanol–water partition coefficient (Wildman–Crippen LogP) is 4.39. The molecule has 58 heavy (non-hydrogen) atoms. The number of alkyl halides is 2. The number of carbonyl (C=O) groups is 4. The molecule has 7 rings (SSSR count). The third-order valence-electron chi connectivity index (χ3n) is 12.1. The summed E-state index contributed by atoms with van der Waals surface area (Å²) in [5.41, 5.74) is 4.00. The van der Waals surface area contributed by atoms with E-state index in [4.69, 9.17) is 4.74 Å². The Morgan fingerprint density at radius 3 is 2.41 bits per heavy atom. The lowest BCUT2D eigenvalue weighted by Gasteiger charge is -2.39. The van der Waals surface area contributed by atoms with Gasteiger partial charge in [0, 0.05) is 57.8 Å². The number of hydrogen-bond acceptors (Lipinski definition) is 12. The molecule has 310 valence electrons. The van der Waals surface area contributed by atoms with Crippen LogP contribution >= 0.6 is 0 Å². The monoisotopic (exact) mass is 802 g/mol. The molecule has 17 heteroatoms. The van der Waals surface area contributed by atoms with E-state index < -0.39 is 18.4 Å². The molecule has 0 bridgehead atoms. The van der Waals surface area contributed by atoms with E-state index in [-0.39, 0.29) is 47.1 Å². The Morgan fingerprint density at radius 1 is 1.00 bits per heavy atom. The summed E-state index contributed by atoms with van der Waals surface area (Å²) in [6.07, 6.45) is 9.95. The molecule has 2 saturated heterocycles. The molecule has 1 unspecified atom stereocenters. The normalized spacial score (nSPS) is 22.7. The van der Waals surface area contributed by atoms with E-state index >= 15 is 0 Å². The molecule has 2 aromatic heterocycles. The van der Waals surface area contributed by atoms with Crippen LogP contribution in [-0.2, 0) is 14.4 Å². The van der Waals surface area contributed by atoms with Crippen molar-refractivity contribution in [2.24, 2.45) is 5.92 Å². The molecule has 3 N–H and O–H groups in total. The minimum Gasteiger partial charge on any atom is -0.495 e. The second-order valence-corrected chi connectivity index (χ2v) is 16.1. The highest BCUT2D eigenvalue weighted by Gasteiger charge is 2.46. The van der Waals surface area contributed by atoms with Crippen molar-refractivity contribution in [2.75, 3.05) is 74.4 Å². The smallest absolute Gasteiger partial charge is 0.342 e. The van der Waals surface area contributed by atoms with Crippen LogP contribution in [0, 0.1) is 12.8 Å². The van der Waals surface area contributed by atoms with E-state index in [9.17, 15) is 28.0 Å². The lowest BCUT2D eigenvalue weighted by atomic mass is 9.88. The summed E-state index contributed by atoms with van der Waals surface area (Å²) in [7, 11) is 6.41. The molecule has 1 saturated carbocycles. The number of fused-ring (bicyclic) bond motifs is 1. The number of hydrogen-bond donors (Lipinski definition) is 3. The Kier molecular flexibility index (Phi) is 11.8. The summed E-state index contributed by atoms with van der Waals surface area (Å²) in [6, 6.07) is 7.51. The van der Waals surface area contributed by atoms with Gasteiger partial charge < -0.3 is 35.0 Å². The van der Waals surface area contributed by atoms with Crippen molar-refractivity contribution in [1.82, 2.24) is 30.5 Å². The Balaban J connectivity index is 0.870. The highest BCUT2D eigenvalue weighted by molar-refractivity contribution is 6.02. The van der Waals surface area contributed by atoms with Crippen LogP contribution in [-0.4, -0.2) is 116 Å². The molecule has 3 fully saturated rings. The van der Waals surface area contributed by atoms with Crippen LogP contribution < -0.4 is 35.4 Å². The number of nitrogens with zero attached hydrogens (tertiary/aromatic N) is 7. The molecule has 1 atom stereocenters. The number of benzene rings is 1. The topological polar surface area (TPSA) is 165 Å². The Morgan fingerprint density at radius 2 is 1.72 bits per heavy atom. The molecule has 15 nitrogen and oxygen atoms in total. The maximum Gasteiger partial charge on any atom is 0.342 e. The highest BCUT2D eigenvalue weighted by Crippen LogP contribution is 2.36. The molecule has 4 amide bonds. The van der Waals surface area contributed by atoms with E-state index in [0.29, 0.717) is 41.8 Å². The lowest BCUT2D eigenvalue weighted by Crippen LogP contribution is -2.45. The Bertz CT molecular complexity index is 2050. The number of ether oxygens (including phenoxy) is 1. The van der Waals surface area contributed by atoms with Crippen LogP contribution in [0.5, 0.6) is 5.75 Å². The molecular weight excluding hydrogens is 751 g/mol. The molecule has 5 heterocycles. The molecule has 3 aromatic rings.